The van der Waals surface area contributed by atoms with Gasteiger partial charge in [-0.25, -0.2) is 0 Å². The Morgan fingerprint density at radius 1 is 1.11 bits per heavy atom. The van der Waals surface area contributed by atoms with Gasteiger partial charge < -0.3 is 5.32 Å². The first kappa shape index (κ1) is 14.7. The second kappa shape index (κ2) is 8.67. The molecular weight excluding hydrogens is 220 g/mol. The fourth-order valence-corrected chi connectivity index (χ4v) is 1.95. The molecule has 0 aliphatic heterocycles. The fourth-order valence-electron chi connectivity index (χ4n) is 1.95. The zero-order valence-corrected chi connectivity index (χ0v) is 11.4. The summed E-state index contributed by atoms with van der Waals surface area (Å²) >= 11 is 0. The molecule has 1 N–H and O–H groups in total. The lowest BCUT2D eigenvalue weighted by molar-refractivity contribution is 0.326. The molecule has 18 heavy (non-hydrogen) atoms. The molecule has 1 aromatic rings. The van der Waals surface area contributed by atoms with Crippen molar-refractivity contribution in [3.63, 3.8) is 0 Å². The van der Waals surface area contributed by atoms with Crippen LogP contribution in [0.3, 0.4) is 0 Å². The standard InChI is InChI=1S/C16H24N2/c1-4-11-18(12-5-2)14-16-10-8-7-9-15(16)13-17-6-3/h4-5,7-10,17H,1-2,6,11-14H2,3H3. The van der Waals surface area contributed by atoms with Crippen LogP contribution in [0, 0.1) is 0 Å². The third-order valence-electron chi connectivity index (χ3n) is 2.85. The number of nitrogens with one attached hydrogen (secondary N) is 1. The van der Waals surface area contributed by atoms with Crippen molar-refractivity contribution in [1.82, 2.24) is 10.2 Å². The molecular formula is C16H24N2. The molecule has 98 valence electrons. The summed E-state index contributed by atoms with van der Waals surface area (Å²) in [6.07, 6.45) is 3.88. The molecule has 2 heteroatoms. The SMILES string of the molecule is C=CCN(CC=C)Cc1ccccc1CNCC. The highest BCUT2D eigenvalue weighted by Gasteiger charge is 2.06. The van der Waals surface area contributed by atoms with Gasteiger partial charge in [0.1, 0.15) is 0 Å². The highest BCUT2D eigenvalue weighted by molar-refractivity contribution is 5.27. The van der Waals surface area contributed by atoms with Gasteiger partial charge in [-0.05, 0) is 17.7 Å². The van der Waals surface area contributed by atoms with Gasteiger partial charge in [0.2, 0.25) is 0 Å². The van der Waals surface area contributed by atoms with Crippen molar-refractivity contribution in [3.05, 3.63) is 60.7 Å². The highest BCUT2D eigenvalue weighted by atomic mass is 15.1. The normalized spacial score (nSPS) is 10.6. The second-order valence-electron chi connectivity index (χ2n) is 4.32. The van der Waals surface area contributed by atoms with E-state index in [0.717, 1.165) is 32.7 Å². The maximum atomic E-state index is 3.81. The van der Waals surface area contributed by atoms with E-state index in [9.17, 15) is 0 Å². The van der Waals surface area contributed by atoms with Crippen LogP contribution in [0.25, 0.3) is 0 Å². The number of benzene rings is 1. The molecule has 0 aliphatic carbocycles. The van der Waals surface area contributed by atoms with Crippen LogP contribution in [-0.2, 0) is 13.1 Å². The van der Waals surface area contributed by atoms with Crippen molar-refractivity contribution in [2.45, 2.75) is 20.0 Å². The van der Waals surface area contributed by atoms with Crippen LogP contribution >= 0.6 is 0 Å². The molecule has 0 atom stereocenters. The molecule has 2 nitrogen and oxygen atoms in total. The van der Waals surface area contributed by atoms with Gasteiger partial charge in [0, 0.05) is 26.2 Å². The summed E-state index contributed by atoms with van der Waals surface area (Å²) in [5.41, 5.74) is 2.75. The van der Waals surface area contributed by atoms with Gasteiger partial charge in [-0.2, -0.15) is 0 Å². The predicted octanol–water partition coefficient (Wildman–Crippen LogP) is 2.97. The Bertz CT molecular complexity index is 361. The number of rotatable bonds is 9. The molecule has 0 aromatic heterocycles. The molecule has 0 amide bonds. The smallest absolute Gasteiger partial charge is 0.0243 e. The molecule has 0 saturated carbocycles. The lowest BCUT2D eigenvalue weighted by atomic mass is 10.1. The average molecular weight is 244 g/mol. The highest BCUT2D eigenvalue weighted by Crippen LogP contribution is 2.11. The Labute approximate surface area is 111 Å². The summed E-state index contributed by atoms with van der Waals surface area (Å²) in [4.78, 5) is 2.32. The molecule has 0 heterocycles. The zero-order chi connectivity index (χ0) is 13.2. The lowest BCUT2D eigenvalue weighted by Crippen LogP contribution is -2.24. The van der Waals surface area contributed by atoms with Crippen LogP contribution in [0.5, 0.6) is 0 Å². The monoisotopic (exact) mass is 244 g/mol. The average Bonchev–Trinajstić information content (AvgIpc) is 2.38. The van der Waals surface area contributed by atoms with E-state index >= 15 is 0 Å². The molecule has 0 fully saturated rings. The summed E-state index contributed by atoms with van der Waals surface area (Å²) in [5, 5.41) is 3.38. The first-order valence-electron chi connectivity index (χ1n) is 6.53. The van der Waals surface area contributed by atoms with Crippen LogP contribution in [0.2, 0.25) is 0 Å². The molecule has 1 rings (SSSR count). The summed E-state index contributed by atoms with van der Waals surface area (Å²) in [6.45, 7) is 14.4. The van der Waals surface area contributed by atoms with Gasteiger partial charge in [-0.15, -0.1) is 13.2 Å². The van der Waals surface area contributed by atoms with Gasteiger partial charge in [0.05, 0.1) is 0 Å². The number of hydrogen-bond donors (Lipinski definition) is 1. The minimum absolute atomic E-state index is 0.890. The van der Waals surface area contributed by atoms with E-state index in [1.807, 2.05) is 12.2 Å². The summed E-state index contributed by atoms with van der Waals surface area (Å²) in [6, 6.07) is 8.59. The van der Waals surface area contributed by atoms with Gasteiger partial charge in [-0.3, -0.25) is 4.90 Å². The molecule has 0 unspecified atom stereocenters. The second-order valence-corrected chi connectivity index (χ2v) is 4.32. The first-order chi connectivity index (χ1) is 8.81. The van der Waals surface area contributed by atoms with Crippen molar-refractivity contribution in [2.75, 3.05) is 19.6 Å². The maximum Gasteiger partial charge on any atom is 0.0243 e. The summed E-state index contributed by atoms with van der Waals surface area (Å²) < 4.78 is 0. The van der Waals surface area contributed by atoms with Crippen molar-refractivity contribution in [3.8, 4) is 0 Å². The number of nitrogens with zero attached hydrogens (tertiary/aromatic N) is 1. The van der Waals surface area contributed by atoms with E-state index < -0.39 is 0 Å². The first-order valence-corrected chi connectivity index (χ1v) is 6.53. The molecule has 0 radical (unpaired) electrons. The lowest BCUT2D eigenvalue weighted by Gasteiger charge is -2.20. The van der Waals surface area contributed by atoms with Crippen molar-refractivity contribution in [2.24, 2.45) is 0 Å². The summed E-state index contributed by atoms with van der Waals surface area (Å²) in [5.74, 6) is 0. The minimum atomic E-state index is 0.890. The van der Waals surface area contributed by atoms with Crippen LogP contribution in [0.4, 0.5) is 0 Å². The Balaban J connectivity index is 2.73. The third-order valence-corrected chi connectivity index (χ3v) is 2.85. The predicted molar refractivity (Wildman–Crippen MR) is 79.5 cm³/mol. The van der Waals surface area contributed by atoms with Crippen LogP contribution < -0.4 is 5.32 Å². The van der Waals surface area contributed by atoms with E-state index in [1.54, 1.807) is 0 Å². The maximum absolute atomic E-state index is 3.81. The molecule has 1 aromatic carbocycles. The zero-order valence-electron chi connectivity index (χ0n) is 11.4. The Hall–Kier alpha value is -1.38. The van der Waals surface area contributed by atoms with Gasteiger partial charge in [0.15, 0.2) is 0 Å². The molecule has 0 saturated heterocycles. The quantitative estimate of drug-likeness (QED) is 0.672. The van der Waals surface area contributed by atoms with Gasteiger partial charge in [-0.1, -0.05) is 43.3 Å². The van der Waals surface area contributed by atoms with E-state index in [4.69, 9.17) is 0 Å². The largest absolute Gasteiger partial charge is 0.313 e. The summed E-state index contributed by atoms with van der Waals surface area (Å²) in [7, 11) is 0. The Kier molecular flexibility index (Phi) is 7.07. The van der Waals surface area contributed by atoms with Gasteiger partial charge >= 0.3 is 0 Å². The fraction of sp³-hybridized carbons (Fsp3) is 0.375. The third kappa shape index (κ3) is 4.86. The van der Waals surface area contributed by atoms with Crippen LogP contribution in [0.15, 0.2) is 49.6 Å². The van der Waals surface area contributed by atoms with E-state index in [-0.39, 0.29) is 0 Å². The van der Waals surface area contributed by atoms with Gasteiger partial charge in [0.25, 0.3) is 0 Å². The topological polar surface area (TPSA) is 15.3 Å². The van der Waals surface area contributed by atoms with Crippen molar-refractivity contribution in [1.29, 1.82) is 0 Å². The van der Waals surface area contributed by atoms with Crippen molar-refractivity contribution < 1.29 is 0 Å². The van der Waals surface area contributed by atoms with Crippen LogP contribution in [0.1, 0.15) is 18.1 Å². The molecule has 0 aliphatic rings. The van der Waals surface area contributed by atoms with E-state index in [1.165, 1.54) is 11.1 Å². The molecule has 0 bridgehead atoms. The number of hydrogen-bond acceptors (Lipinski definition) is 2. The van der Waals surface area contributed by atoms with Crippen LogP contribution in [-0.4, -0.2) is 24.5 Å². The van der Waals surface area contributed by atoms with E-state index in [2.05, 4.69) is 54.6 Å². The minimum Gasteiger partial charge on any atom is -0.313 e. The Morgan fingerprint density at radius 3 is 2.28 bits per heavy atom. The van der Waals surface area contributed by atoms with E-state index in [0.29, 0.717) is 0 Å². The molecule has 0 spiro atoms. The van der Waals surface area contributed by atoms with Crippen molar-refractivity contribution >= 4 is 0 Å². The Morgan fingerprint density at radius 2 is 1.72 bits per heavy atom.